The van der Waals surface area contributed by atoms with Gasteiger partial charge in [0.25, 0.3) is 0 Å². The number of halogens is 2. The number of rotatable bonds is 6. The Labute approximate surface area is 264 Å². The first-order valence-corrected chi connectivity index (χ1v) is 16.6. The molecule has 43 heavy (non-hydrogen) atoms. The van der Waals surface area contributed by atoms with Crippen LogP contribution in [0.3, 0.4) is 0 Å². The summed E-state index contributed by atoms with van der Waals surface area (Å²) in [4.78, 5) is 34.1. The van der Waals surface area contributed by atoms with Crippen LogP contribution in [0.25, 0.3) is 10.9 Å². The molecule has 3 amide bonds. The van der Waals surface area contributed by atoms with Gasteiger partial charge in [-0.15, -0.1) is 0 Å². The summed E-state index contributed by atoms with van der Waals surface area (Å²) < 4.78 is 0. The number of aromatic nitrogens is 2. The molecule has 3 saturated heterocycles. The summed E-state index contributed by atoms with van der Waals surface area (Å²) in [7, 11) is 0. The Morgan fingerprint density at radius 3 is 2.40 bits per heavy atom. The average molecular weight is 626 g/mol. The van der Waals surface area contributed by atoms with Gasteiger partial charge in [-0.25, -0.2) is 4.79 Å². The van der Waals surface area contributed by atoms with Gasteiger partial charge in [-0.05, 0) is 99.3 Å². The van der Waals surface area contributed by atoms with Gasteiger partial charge in [-0.3, -0.25) is 9.89 Å². The van der Waals surface area contributed by atoms with Gasteiger partial charge in [-0.1, -0.05) is 41.8 Å². The number of hydrogen-bond acceptors (Lipinski definition) is 4. The minimum Gasteiger partial charge on any atom is -0.341 e. The maximum Gasteiger partial charge on any atom is 0.318 e. The van der Waals surface area contributed by atoms with Crippen molar-refractivity contribution < 1.29 is 9.59 Å². The number of fused-ring (bicyclic) bond motifs is 1. The Hall–Kier alpha value is -2.81. The molecule has 3 aliphatic heterocycles. The summed E-state index contributed by atoms with van der Waals surface area (Å²) in [5, 5.41) is 12.7. The van der Waals surface area contributed by atoms with Crippen LogP contribution in [-0.2, 0) is 11.2 Å². The first-order chi connectivity index (χ1) is 20.9. The maximum absolute atomic E-state index is 14.0. The van der Waals surface area contributed by atoms with Gasteiger partial charge in [0.2, 0.25) is 5.91 Å². The fourth-order valence-electron chi connectivity index (χ4n) is 7.29. The Bertz CT molecular complexity index is 1440. The van der Waals surface area contributed by atoms with E-state index < -0.39 is 6.04 Å². The lowest BCUT2D eigenvalue weighted by Crippen LogP contribution is -2.56. The van der Waals surface area contributed by atoms with Gasteiger partial charge < -0.3 is 20.0 Å². The van der Waals surface area contributed by atoms with E-state index in [1.54, 1.807) is 6.07 Å². The van der Waals surface area contributed by atoms with E-state index in [4.69, 9.17) is 23.2 Å². The van der Waals surface area contributed by atoms with Gasteiger partial charge in [-0.2, -0.15) is 5.10 Å². The predicted molar refractivity (Wildman–Crippen MR) is 172 cm³/mol. The molecule has 0 saturated carbocycles. The molecular formula is C33H42Cl2N6O2. The average Bonchev–Trinajstić information content (AvgIpc) is 3.50. The second-order valence-electron chi connectivity index (χ2n) is 12.5. The quantitative estimate of drug-likeness (QED) is 0.344. The Morgan fingerprint density at radius 1 is 0.953 bits per heavy atom. The summed E-state index contributed by atoms with van der Waals surface area (Å²) in [5.41, 5.74) is 4.17. The van der Waals surface area contributed by atoms with E-state index >= 15 is 0 Å². The molecule has 8 nitrogen and oxygen atoms in total. The van der Waals surface area contributed by atoms with Crippen LogP contribution in [0.15, 0.2) is 36.5 Å². The smallest absolute Gasteiger partial charge is 0.318 e. The zero-order valence-electron chi connectivity index (χ0n) is 25.0. The molecule has 3 aliphatic rings. The lowest BCUT2D eigenvalue weighted by molar-refractivity contribution is -0.134. The van der Waals surface area contributed by atoms with Crippen LogP contribution < -0.4 is 5.32 Å². The molecule has 0 spiro atoms. The highest BCUT2D eigenvalue weighted by Gasteiger charge is 2.33. The molecule has 0 aliphatic carbocycles. The number of amides is 3. The predicted octanol–water partition coefficient (Wildman–Crippen LogP) is 6.16. The summed E-state index contributed by atoms with van der Waals surface area (Å²) in [6.07, 6.45) is 9.74. The summed E-state index contributed by atoms with van der Waals surface area (Å²) in [6, 6.07) is 9.56. The van der Waals surface area contributed by atoms with Crippen LogP contribution in [0.4, 0.5) is 4.79 Å². The molecule has 230 valence electrons. The summed E-state index contributed by atoms with van der Waals surface area (Å²) in [6.45, 7) is 7.08. The third kappa shape index (κ3) is 6.97. The van der Waals surface area contributed by atoms with E-state index in [0.717, 1.165) is 66.4 Å². The van der Waals surface area contributed by atoms with E-state index in [-0.39, 0.29) is 17.9 Å². The number of carbonyl (C=O) groups is 2. The van der Waals surface area contributed by atoms with Crippen LogP contribution in [-0.4, -0.2) is 88.2 Å². The fourth-order valence-corrected chi connectivity index (χ4v) is 7.85. The van der Waals surface area contributed by atoms with Crippen molar-refractivity contribution in [2.45, 2.75) is 76.3 Å². The van der Waals surface area contributed by atoms with Crippen LogP contribution in [0.5, 0.6) is 0 Å². The number of likely N-dealkylation sites (tertiary alicyclic amines) is 3. The molecular weight excluding hydrogens is 583 g/mol. The Kier molecular flexibility index (Phi) is 9.45. The molecule has 3 fully saturated rings. The van der Waals surface area contributed by atoms with Crippen molar-refractivity contribution in [3.05, 3.63) is 63.3 Å². The third-order valence-corrected chi connectivity index (χ3v) is 10.3. The number of carbonyl (C=O) groups excluding carboxylic acids is 2. The van der Waals surface area contributed by atoms with E-state index in [1.165, 1.54) is 32.4 Å². The number of piperidine rings is 3. The highest BCUT2D eigenvalue weighted by molar-refractivity contribution is 6.35. The number of aromatic amines is 1. The number of H-pyrrole nitrogens is 1. The number of hydrogen-bond donors (Lipinski definition) is 2. The van der Waals surface area contributed by atoms with Gasteiger partial charge in [0.15, 0.2) is 0 Å². The van der Waals surface area contributed by atoms with Crippen molar-refractivity contribution in [3.8, 4) is 0 Å². The normalized spacial score (nSPS) is 20.0. The van der Waals surface area contributed by atoms with Crippen LogP contribution in [0.1, 0.15) is 67.6 Å². The van der Waals surface area contributed by atoms with Crippen molar-refractivity contribution in [1.29, 1.82) is 0 Å². The molecule has 2 aromatic carbocycles. The van der Waals surface area contributed by atoms with Crippen molar-refractivity contribution >= 4 is 46.0 Å². The van der Waals surface area contributed by atoms with Crippen molar-refractivity contribution in [2.24, 2.45) is 0 Å². The van der Waals surface area contributed by atoms with Gasteiger partial charge in [0.05, 0.1) is 11.7 Å². The summed E-state index contributed by atoms with van der Waals surface area (Å²) >= 11 is 12.6. The molecule has 0 bridgehead atoms. The van der Waals surface area contributed by atoms with Gasteiger partial charge in [0.1, 0.15) is 6.04 Å². The Balaban J connectivity index is 1.13. The number of nitrogens with zero attached hydrogens (tertiary/aromatic N) is 4. The minimum absolute atomic E-state index is 0.0122. The topological polar surface area (TPSA) is 84.6 Å². The van der Waals surface area contributed by atoms with Crippen LogP contribution in [0, 0.1) is 6.92 Å². The zero-order valence-corrected chi connectivity index (χ0v) is 26.5. The van der Waals surface area contributed by atoms with Crippen LogP contribution in [0.2, 0.25) is 10.0 Å². The first kappa shape index (κ1) is 30.2. The second-order valence-corrected chi connectivity index (χ2v) is 13.4. The third-order valence-electron chi connectivity index (χ3n) is 9.71. The molecule has 3 aromatic rings. The first-order valence-electron chi connectivity index (χ1n) is 15.8. The molecule has 6 rings (SSSR count). The van der Waals surface area contributed by atoms with Crippen molar-refractivity contribution in [1.82, 2.24) is 30.2 Å². The number of urea groups is 1. The summed E-state index contributed by atoms with van der Waals surface area (Å²) in [5.74, 6) is 0.287. The zero-order chi connectivity index (χ0) is 29.9. The highest BCUT2D eigenvalue weighted by atomic mass is 35.5. The Morgan fingerprint density at radius 2 is 1.67 bits per heavy atom. The van der Waals surface area contributed by atoms with E-state index in [9.17, 15) is 9.59 Å². The highest BCUT2D eigenvalue weighted by Crippen LogP contribution is 2.34. The van der Waals surface area contributed by atoms with Crippen molar-refractivity contribution in [2.75, 3.05) is 39.3 Å². The molecule has 0 radical (unpaired) electrons. The van der Waals surface area contributed by atoms with E-state index in [2.05, 4.69) is 32.5 Å². The molecule has 10 heteroatoms. The van der Waals surface area contributed by atoms with Crippen LogP contribution >= 0.6 is 23.2 Å². The lowest BCUT2D eigenvalue weighted by atomic mass is 9.89. The second kappa shape index (κ2) is 13.4. The monoisotopic (exact) mass is 624 g/mol. The largest absolute Gasteiger partial charge is 0.341 e. The lowest BCUT2D eigenvalue weighted by Gasteiger charge is -2.41. The fraction of sp³-hybridized carbons (Fsp3) is 0.545. The minimum atomic E-state index is -0.633. The van der Waals surface area contributed by atoms with Crippen molar-refractivity contribution in [3.63, 3.8) is 0 Å². The molecule has 2 N–H and O–H groups in total. The number of aryl methyl sites for hydroxylation is 1. The van der Waals surface area contributed by atoms with Gasteiger partial charge in [0, 0.05) is 54.1 Å². The number of nitrogens with one attached hydrogen (secondary N) is 2. The molecule has 1 aromatic heterocycles. The maximum atomic E-state index is 14.0. The standard InChI is InChI=1S/C33H42Cl2N6O2/c1-22-17-23(18-25-21-36-38-31(22)25)19-30(32(42)40-15-9-27(10-16-40)39-11-3-2-4-12-39)37-33(43)41-13-7-24(8-14-41)28-6-5-26(34)20-29(28)35/h5-6,17-18,20-21,24,27,30H,2-4,7-16,19H2,1H3,(H,36,38)(H,37,43)/t30-/m1/s1. The molecule has 4 heterocycles. The SMILES string of the molecule is Cc1cc(C[C@@H](NC(=O)N2CCC(c3ccc(Cl)cc3Cl)CC2)C(=O)N2CCC(N3CCCCC3)CC2)cc2cn[nH]c12. The van der Waals surface area contributed by atoms with E-state index in [0.29, 0.717) is 35.6 Å². The molecule has 1 atom stereocenters. The van der Waals surface area contributed by atoms with E-state index in [1.807, 2.05) is 35.1 Å². The molecule has 0 unspecified atom stereocenters. The number of benzene rings is 2. The van der Waals surface area contributed by atoms with Gasteiger partial charge >= 0.3 is 6.03 Å².